The number of aliphatic imine (C=N–C) groups is 1. The van der Waals surface area contributed by atoms with E-state index in [1.54, 1.807) is 23.1 Å². The van der Waals surface area contributed by atoms with E-state index in [1.165, 1.54) is 76.4 Å². The quantitative estimate of drug-likeness (QED) is 0.0827. The van der Waals surface area contributed by atoms with Crippen LogP contribution in [0.5, 0.6) is 0 Å². The van der Waals surface area contributed by atoms with Gasteiger partial charge in [-0.1, -0.05) is 74.8 Å². The maximum absolute atomic E-state index is 14.1. The minimum absolute atomic E-state index is 0.0863. The number of unbranched alkanes of at least 4 members (excludes halogenated alkanes) is 6. The molecule has 0 radical (unpaired) electrons. The lowest BCUT2D eigenvalue weighted by Gasteiger charge is -2.32. The van der Waals surface area contributed by atoms with Gasteiger partial charge in [-0.25, -0.2) is 4.99 Å². The van der Waals surface area contributed by atoms with Crippen LogP contribution in [-0.4, -0.2) is 12.3 Å². The third-order valence-corrected chi connectivity index (χ3v) is 12.1. The van der Waals surface area contributed by atoms with E-state index in [2.05, 4.69) is 112 Å². The third-order valence-electron chi connectivity index (χ3n) is 8.53. The maximum Gasteiger partial charge on any atom is 0.263 e. The number of thiazole rings is 1. The second kappa shape index (κ2) is 15.9. The predicted octanol–water partition coefficient (Wildman–Crippen LogP) is 9.51. The minimum Gasteiger partial charge on any atom is -0.872 e. The van der Waals surface area contributed by atoms with Gasteiger partial charge in [-0.2, -0.15) is 4.57 Å². The number of quaternary nitrogens is 1. The van der Waals surface area contributed by atoms with Crippen molar-refractivity contribution in [2.45, 2.75) is 76.7 Å². The molecule has 1 N–H and O–H groups in total. The van der Waals surface area contributed by atoms with Gasteiger partial charge in [0.15, 0.2) is 17.3 Å². The number of nitrogens with zero attached hydrogens (tertiary/aromatic N) is 2. The molecular formula is C38H40I2N3OS2+. The first-order chi connectivity index (χ1) is 22.5. The normalized spacial score (nSPS) is 18.7. The van der Waals surface area contributed by atoms with E-state index >= 15 is 0 Å². The van der Waals surface area contributed by atoms with Crippen LogP contribution in [0.3, 0.4) is 0 Å². The van der Waals surface area contributed by atoms with Gasteiger partial charge in [0.2, 0.25) is 5.52 Å². The molecule has 0 fully saturated rings. The van der Waals surface area contributed by atoms with Crippen molar-refractivity contribution in [2.75, 3.05) is 6.54 Å². The molecule has 1 atom stereocenters. The molecule has 0 bridgehead atoms. The fourth-order valence-corrected chi connectivity index (χ4v) is 9.89. The summed E-state index contributed by atoms with van der Waals surface area (Å²) in [4.78, 5) is 7.75. The van der Waals surface area contributed by atoms with Crippen molar-refractivity contribution in [1.82, 2.24) is 0 Å². The summed E-state index contributed by atoms with van der Waals surface area (Å²) in [6.07, 6.45) is 13.9. The van der Waals surface area contributed by atoms with Crippen LogP contribution in [0.25, 0.3) is 16.3 Å². The Balaban J connectivity index is 1.42. The Morgan fingerprint density at radius 2 is 1.59 bits per heavy atom. The van der Waals surface area contributed by atoms with Crippen molar-refractivity contribution in [1.29, 1.82) is 0 Å². The maximum atomic E-state index is 14.1. The van der Waals surface area contributed by atoms with Crippen LogP contribution < -0.4 is 14.6 Å². The number of fused-ring (bicyclic) bond motifs is 2. The van der Waals surface area contributed by atoms with Crippen LogP contribution >= 0.6 is 68.3 Å². The number of rotatable bonds is 13. The Bertz CT molecular complexity index is 1840. The number of hydrogen-bond donors (Lipinski definition) is 1. The highest BCUT2D eigenvalue weighted by Crippen LogP contribution is 2.40. The standard InChI is InChI=1S/C38H39I2N3OS2/c1-3-5-7-12-20-42-31-18-16-26(39)22-33(31)45-35(42)24-29-37(41-28-14-10-9-11-15-28)30(38(29)44)25-36-43(21-13-8-6-4-2)32-19-17-27(40)23-34(32)46-36/h9-11,14-19,22-25H,3-8,12-13,20-21H2,1-2H3/p+1. The Kier molecular flexibility index (Phi) is 11.7. The number of benzene rings is 3. The fourth-order valence-electron chi connectivity index (χ4n) is 6.08. The minimum atomic E-state index is 0.0863. The number of nitrogens with one attached hydrogen (secondary N) is 1. The van der Waals surface area contributed by atoms with Gasteiger partial charge in [-0.15, -0.1) is 0 Å². The number of halogens is 2. The summed E-state index contributed by atoms with van der Waals surface area (Å²) in [5.41, 5.74) is 5.65. The first-order valence-electron chi connectivity index (χ1n) is 16.4. The van der Waals surface area contributed by atoms with Gasteiger partial charge in [0.05, 0.1) is 22.8 Å². The lowest BCUT2D eigenvalue weighted by molar-refractivity contribution is -0.780. The predicted molar refractivity (Wildman–Crippen MR) is 210 cm³/mol. The monoisotopic (exact) mass is 872 g/mol. The van der Waals surface area contributed by atoms with E-state index < -0.39 is 0 Å². The summed E-state index contributed by atoms with van der Waals surface area (Å²) < 4.78 is 6.13. The highest BCUT2D eigenvalue weighted by molar-refractivity contribution is 14.1. The Labute approximate surface area is 308 Å². The van der Waals surface area contributed by atoms with Crippen LogP contribution in [0.15, 0.2) is 105 Å². The van der Waals surface area contributed by atoms with Gasteiger partial charge in [0, 0.05) is 49.0 Å². The van der Waals surface area contributed by atoms with Crippen molar-refractivity contribution in [3.05, 3.63) is 107 Å². The number of hydrogen-bond acceptors (Lipinski definition) is 4. The topological polar surface area (TPSA) is 43.7 Å². The molecule has 4 aromatic rings. The van der Waals surface area contributed by atoms with Crippen molar-refractivity contribution in [2.24, 2.45) is 4.99 Å². The van der Waals surface area contributed by atoms with E-state index in [9.17, 15) is 5.11 Å². The Morgan fingerprint density at radius 3 is 2.37 bits per heavy atom. The molecular weight excluding hydrogens is 832 g/mol. The molecule has 0 saturated heterocycles. The van der Waals surface area contributed by atoms with Crippen LogP contribution in [0.2, 0.25) is 0 Å². The Morgan fingerprint density at radius 1 is 0.848 bits per heavy atom. The van der Waals surface area contributed by atoms with Gasteiger partial charge in [-0.05, 0) is 113 Å². The van der Waals surface area contributed by atoms with Gasteiger partial charge in [0.25, 0.3) is 5.01 Å². The summed E-state index contributed by atoms with van der Waals surface area (Å²) in [5, 5.41) is 16.4. The van der Waals surface area contributed by atoms with Crippen molar-refractivity contribution >= 4 is 102 Å². The van der Waals surface area contributed by atoms with Gasteiger partial charge < -0.3 is 5.11 Å². The molecule has 4 nitrogen and oxygen atoms in total. The van der Waals surface area contributed by atoms with E-state index in [0.717, 1.165) is 47.9 Å². The lowest BCUT2D eigenvalue weighted by atomic mass is 9.86. The van der Waals surface area contributed by atoms with Gasteiger partial charge in [0.1, 0.15) is 4.70 Å². The number of aromatic nitrogens is 1. The Hall–Kier alpha value is -1.99. The second-order valence-corrected chi connectivity index (χ2v) is 16.5. The number of para-hydroxylation sites is 1. The van der Waals surface area contributed by atoms with Gasteiger partial charge >= 0.3 is 0 Å². The second-order valence-electron chi connectivity index (χ2n) is 11.9. The van der Waals surface area contributed by atoms with E-state index in [0.29, 0.717) is 5.57 Å². The summed E-state index contributed by atoms with van der Waals surface area (Å²) in [6, 6.07) is 23.4. The third kappa shape index (κ3) is 7.66. The van der Waals surface area contributed by atoms with Gasteiger partial charge in [-0.3, -0.25) is 4.90 Å². The summed E-state index contributed by atoms with van der Waals surface area (Å²) in [7, 11) is 0. The summed E-state index contributed by atoms with van der Waals surface area (Å²) >= 11 is 8.36. The average molecular weight is 873 g/mol. The van der Waals surface area contributed by atoms with Crippen molar-refractivity contribution in [3.8, 4) is 0 Å². The molecule has 46 heavy (non-hydrogen) atoms. The largest absolute Gasteiger partial charge is 0.872 e. The number of thioether (sulfide) groups is 1. The molecule has 1 aromatic heterocycles. The fraction of sp³-hybridized carbons (Fsp3) is 0.316. The van der Waals surface area contributed by atoms with Crippen molar-refractivity contribution < 1.29 is 14.6 Å². The molecule has 1 aliphatic heterocycles. The van der Waals surface area contributed by atoms with Crippen LogP contribution in [0, 0.1) is 7.14 Å². The molecule has 0 amide bonds. The van der Waals surface area contributed by atoms with Crippen LogP contribution in [0.4, 0.5) is 11.4 Å². The summed E-state index contributed by atoms with van der Waals surface area (Å²) in [6.45, 7) is 6.48. The molecule has 1 unspecified atom stereocenters. The zero-order chi connectivity index (χ0) is 32.0. The average Bonchev–Trinajstić information content (AvgIpc) is 3.58. The first kappa shape index (κ1) is 33.9. The molecule has 2 heterocycles. The molecule has 2 aliphatic rings. The highest BCUT2D eigenvalue weighted by atomic mass is 127. The van der Waals surface area contributed by atoms with Crippen LogP contribution in [-0.2, 0) is 6.54 Å². The number of aryl methyl sites for hydroxylation is 1. The molecule has 1 aliphatic carbocycles. The smallest absolute Gasteiger partial charge is 0.263 e. The zero-order valence-electron chi connectivity index (χ0n) is 26.5. The summed E-state index contributed by atoms with van der Waals surface area (Å²) in [5.74, 6) is 0.0863. The van der Waals surface area contributed by atoms with E-state index in [1.807, 2.05) is 30.3 Å². The molecule has 6 rings (SSSR count). The highest BCUT2D eigenvalue weighted by Gasteiger charge is 2.34. The molecule has 3 aromatic carbocycles. The SMILES string of the molecule is CCCCCC[n+]1c(C=C2C(=Nc3ccccc3)C(C=C3Sc4cc(I)ccc4[NH+]3CCCCCC)=C2[O-])sc2cc(I)ccc21. The van der Waals surface area contributed by atoms with E-state index in [-0.39, 0.29) is 5.76 Å². The molecule has 238 valence electrons. The zero-order valence-corrected chi connectivity index (χ0v) is 32.4. The first-order valence-corrected chi connectivity index (χ1v) is 20.2. The van der Waals surface area contributed by atoms with Crippen LogP contribution in [0.1, 0.15) is 70.2 Å². The molecule has 8 heteroatoms. The van der Waals surface area contributed by atoms with E-state index in [4.69, 9.17) is 4.99 Å². The molecule has 0 spiro atoms. The molecule has 0 saturated carbocycles. The number of allylic oxidation sites excluding steroid dienone is 3. The lowest BCUT2D eigenvalue weighted by Crippen LogP contribution is -3.03. The van der Waals surface area contributed by atoms with Crippen molar-refractivity contribution in [3.63, 3.8) is 0 Å².